The van der Waals surface area contributed by atoms with Gasteiger partial charge in [0.25, 0.3) is 0 Å². The Hall–Kier alpha value is -2.68. The Kier molecular flexibility index (Phi) is 4.11. The quantitative estimate of drug-likeness (QED) is 0.550. The molecule has 1 atom stereocenters. The molecule has 0 aliphatic carbocycles. The van der Waals surface area contributed by atoms with Crippen LogP contribution in [-0.2, 0) is 20.8 Å². The predicted molar refractivity (Wildman–Crippen MR) is 85.6 cm³/mol. The largest absolute Gasteiger partial charge is 0.481 e. The number of aliphatic carboxylic acids is 1. The second-order valence-corrected chi connectivity index (χ2v) is 6.18. The highest BCUT2D eigenvalue weighted by Crippen LogP contribution is 2.24. The van der Waals surface area contributed by atoms with Gasteiger partial charge < -0.3 is 15.7 Å². The number of hydrogen-bond donors (Lipinski definition) is 3. The summed E-state index contributed by atoms with van der Waals surface area (Å²) in [4.78, 5) is 33.5. The summed E-state index contributed by atoms with van der Waals surface area (Å²) < 4.78 is 0. The third-order valence-corrected chi connectivity index (χ3v) is 4.32. The van der Waals surface area contributed by atoms with Gasteiger partial charge in [0.2, 0.25) is 11.8 Å². The lowest BCUT2D eigenvalue weighted by atomic mass is 10.1. The molecule has 9 heteroatoms. The Morgan fingerprint density at radius 2 is 2.22 bits per heavy atom. The van der Waals surface area contributed by atoms with Crippen LogP contribution in [0.4, 0.5) is 5.69 Å². The molecule has 0 aromatic heterocycles. The number of thioether (sulfide) groups is 1. The fraction of sp³-hybridized carbons (Fsp3) is 0.214. The number of amides is 2. The van der Waals surface area contributed by atoms with Crippen molar-refractivity contribution in [3.8, 4) is 0 Å². The number of carboxylic acids is 1. The number of carbonyl (C=O) groups is 3. The standard InChI is InChI=1S/C14H12N4O4S/c19-11-4-8-3-7(1-2-9(8)16-11)6-15-18-14-17-13(22)10(23-14)5-12(20)21/h1-3,6,10H,4-5H2,(H,16,19)(H,20,21)(H,17,18,22). The van der Waals surface area contributed by atoms with E-state index in [1.54, 1.807) is 12.1 Å². The summed E-state index contributed by atoms with van der Waals surface area (Å²) in [5, 5.41) is 21.3. The van der Waals surface area contributed by atoms with Crippen LogP contribution in [0.15, 0.2) is 28.4 Å². The van der Waals surface area contributed by atoms with Crippen molar-refractivity contribution in [3.63, 3.8) is 0 Å². The summed E-state index contributed by atoms with van der Waals surface area (Å²) in [6.45, 7) is 0. The second-order valence-electron chi connectivity index (χ2n) is 4.98. The van der Waals surface area contributed by atoms with E-state index in [0.717, 1.165) is 28.6 Å². The van der Waals surface area contributed by atoms with Crippen molar-refractivity contribution in [2.75, 3.05) is 5.32 Å². The van der Waals surface area contributed by atoms with Crippen molar-refractivity contribution < 1.29 is 19.5 Å². The lowest BCUT2D eigenvalue weighted by molar-refractivity contribution is -0.138. The second kappa shape index (κ2) is 6.21. The van der Waals surface area contributed by atoms with Crippen LogP contribution in [0.25, 0.3) is 0 Å². The lowest BCUT2D eigenvalue weighted by Crippen LogP contribution is -2.26. The van der Waals surface area contributed by atoms with Crippen molar-refractivity contribution in [1.29, 1.82) is 0 Å². The average Bonchev–Trinajstić information content (AvgIpc) is 3.00. The Labute approximate surface area is 135 Å². The lowest BCUT2D eigenvalue weighted by Gasteiger charge is -1.98. The van der Waals surface area contributed by atoms with E-state index in [-0.39, 0.29) is 23.4 Å². The Bertz CT molecular complexity index is 759. The molecule has 0 bridgehead atoms. The van der Waals surface area contributed by atoms with Gasteiger partial charge in [-0.15, -0.1) is 5.10 Å². The molecule has 2 heterocycles. The molecule has 0 spiro atoms. The maximum atomic E-state index is 11.5. The highest BCUT2D eigenvalue weighted by Gasteiger charge is 2.32. The van der Waals surface area contributed by atoms with Gasteiger partial charge in [-0.1, -0.05) is 17.8 Å². The van der Waals surface area contributed by atoms with E-state index >= 15 is 0 Å². The summed E-state index contributed by atoms with van der Waals surface area (Å²) in [7, 11) is 0. The molecule has 1 aromatic carbocycles. The minimum absolute atomic E-state index is 0.0381. The van der Waals surface area contributed by atoms with E-state index in [1.807, 2.05) is 6.07 Å². The van der Waals surface area contributed by atoms with Gasteiger partial charge in [-0.3, -0.25) is 14.4 Å². The van der Waals surface area contributed by atoms with Gasteiger partial charge in [0, 0.05) is 5.69 Å². The first-order valence-electron chi connectivity index (χ1n) is 6.74. The topological polar surface area (TPSA) is 120 Å². The van der Waals surface area contributed by atoms with Crippen molar-refractivity contribution >= 4 is 46.6 Å². The monoisotopic (exact) mass is 332 g/mol. The number of hydrogen-bond acceptors (Lipinski definition) is 6. The maximum Gasteiger partial charge on any atom is 0.305 e. The summed E-state index contributed by atoms with van der Waals surface area (Å²) >= 11 is 1.04. The number of carbonyl (C=O) groups excluding carboxylic acids is 2. The summed E-state index contributed by atoms with van der Waals surface area (Å²) in [6.07, 6.45) is 1.59. The van der Waals surface area contributed by atoms with E-state index in [9.17, 15) is 14.4 Å². The number of rotatable bonds is 4. The zero-order valence-corrected chi connectivity index (χ0v) is 12.6. The smallest absolute Gasteiger partial charge is 0.305 e. The van der Waals surface area contributed by atoms with Crippen molar-refractivity contribution in [1.82, 2.24) is 5.32 Å². The molecule has 1 unspecified atom stereocenters. The molecular formula is C14H12N4O4S. The molecule has 0 saturated carbocycles. The van der Waals surface area contributed by atoms with Crippen LogP contribution in [0.5, 0.6) is 0 Å². The predicted octanol–water partition coefficient (Wildman–Crippen LogP) is 0.577. The molecule has 1 fully saturated rings. The number of fused-ring (bicyclic) bond motifs is 1. The van der Waals surface area contributed by atoms with Gasteiger partial charge in [0.05, 0.1) is 19.1 Å². The molecule has 1 saturated heterocycles. The van der Waals surface area contributed by atoms with Crippen LogP contribution in [0.1, 0.15) is 17.5 Å². The SMILES string of the molecule is O=C(O)CC1SC(=NN=Cc2ccc3c(c2)CC(=O)N3)NC1=O. The fourth-order valence-electron chi connectivity index (χ4n) is 2.22. The molecule has 2 aliphatic rings. The number of amidine groups is 1. The molecule has 8 nitrogen and oxygen atoms in total. The molecule has 2 aliphatic heterocycles. The first kappa shape index (κ1) is 15.2. The molecule has 1 aromatic rings. The maximum absolute atomic E-state index is 11.5. The Morgan fingerprint density at radius 1 is 1.39 bits per heavy atom. The van der Waals surface area contributed by atoms with Crippen LogP contribution in [0, 0.1) is 0 Å². The number of anilines is 1. The summed E-state index contributed by atoms with van der Waals surface area (Å²) in [6, 6.07) is 5.43. The molecular weight excluding hydrogens is 320 g/mol. The zero-order valence-electron chi connectivity index (χ0n) is 11.8. The van der Waals surface area contributed by atoms with E-state index in [1.165, 1.54) is 6.21 Å². The fourth-order valence-corrected chi connectivity index (χ4v) is 3.14. The van der Waals surface area contributed by atoms with E-state index < -0.39 is 11.2 Å². The summed E-state index contributed by atoms with van der Waals surface area (Å²) in [5.41, 5.74) is 2.48. The molecule has 0 radical (unpaired) electrons. The minimum Gasteiger partial charge on any atom is -0.481 e. The first-order chi connectivity index (χ1) is 11.0. The van der Waals surface area contributed by atoms with Crippen molar-refractivity contribution in [3.05, 3.63) is 29.3 Å². The number of nitrogens with one attached hydrogen (secondary N) is 2. The van der Waals surface area contributed by atoms with Crippen LogP contribution in [-0.4, -0.2) is 39.5 Å². The van der Waals surface area contributed by atoms with Crippen molar-refractivity contribution in [2.45, 2.75) is 18.1 Å². The normalized spacial score (nSPS) is 21.6. The highest BCUT2D eigenvalue weighted by atomic mass is 32.2. The van der Waals surface area contributed by atoms with E-state index in [0.29, 0.717) is 6.42 Å². The van der Waals surface area contributed by atoms with Crippen LogP contribution in [0.2, 0.25) is 0 Å². The van der Waals surface area contributed by atoms with Crippen molar-refractivity contribution in [2.24, 2.45) is 10.2 Å². The Morgan fingerprint density at radius 3 is 3.00 bits per heavy atom. The van der Waals surface area contributed by atoms with E-state index in [4.69, 9.17) is 5.11 Å². The number of benzene rings is 1. The van der Waals surface area contributed by atoms with Gasteiger partial charge in [-0.25, -0.2) is 0 Å². The van der Waals surface area contributed by atoms with Gasteiger partial charge >= 0.3 is 5.97 Å². The molecule has 23 heavy (non-hydrogen) atoms. The van der Waals surface area contributed by atoms with Crippen LogP contribution < -0.4 is 10.6 Å². The van der Waals surface area contributed by atoms with Gasteiger partial charge in [-0.05, 0) is 23.3 Å². The van der Waals surface area contributed by atoms with E-state index in [2.05, 4.69) is 20.8 Å². The minimum atomic E-state index is -1.04. The molecule has 2 amide bonds. The highest BCUT2D eigenvalue weighted by molar-refractivity contribution is 8.15. The van der Waals surface area contributed by atoms with Gasteiger partial charge in [0.15, 0.2) is 5.17 Å². The average molecular weight is 332 g/mol. The zero-order chi connectivity index (χ0) is 16.4. The first-order valence-corrected chi connectivity index (χ1v) is 7.62. The molecule has 3 rings (SSSR count). The number of nitrogens with zero attached hydrogens (tertiary/aromatic N) is 2. The third kappa shape index (κ3) is 3.57. The molecule has 3 N–H and O–H groups in total. The molecule has 118 valence electrons. The van der Waals surface area contributed by atoms with Crippen LogP contribution >= 0.6 is 11.8 Å². The van der Waals surface area contributed by atoms with Gasteiger partial charge in [-0.2, -0.15) is 5.10 Å². The Balaban J connectivity index is 1.65. The summed E-state index contributed by atoms with van der Waals surface area (Å²) in [5.74, 6) is -1.46. The van der Waals surface area contributed by atoms with Crippen LogP contribution in [0.3, 0.4) is 0 Å². The number of carboxylic acid groups (broad SMARTS) is 1. The third-order valence-electron chi connectivity index (χ3n) is 3.25. The van der Waals surface area contributed by atoms with Gasteiger partial charge in [0.1, 0.15) is 5.25 Å².